The summed E-state index contributed by atoms with van der Waals surface area (Å²) in [5.41, 5.74) is 5.27. The van der Waals surface area contributed by atoms with Gasteiger partial charge >= 0.3 is 6.09 Å². The van der Waals surface area contributed by atoms with E-state index in [0.29, 0.717) is 18.0 Å². The summed E-state index contributed by atoms with van der Waals surface area (Å²) in [6, 6.07) is 6.75. The highest BCUT2D eigenvalue weighted by molar-refractivity contribution is 5.70. The second kappa shape index (κ2) is 5.54. The van der Waals surface area contributed by atoms with Crippen molar-refractivity contribution in [3.05, 3.63) is 24.3 Å². The van der Waals surface area contributed by atoms with Gasteiger partial charge in [0, 0.05) is 12.1 Å². The third-order valence-electron chi connectivity index (χ3n) is 1.96. The number of ether oxygens (including phenoxy) is 2. The highest BCUT2D eigenvalue weighted by atomic mass is 16.6. The van der Waals surface area contributed by atoms with E-state index in [1.54, 1.807) is 31.4 Å². The van der Waals surface area contributed by atoms with E-state index in [1.807, 2.05) is 13.8 Å². The fourth-order valence-corrected chi connectivity index (χ4v) is 1.09. The third-order valence-corrected chi connectivity index (χ3v) is 1.96. The maximum absolute atomic E-state index is 11.4. The lowest BCUT2D eigenvalue weighted by Crippen LogP contribution is -2.45. The van der Waals surface area contributed by atoms with Crippen LogP contribution in [0.1, 0.15) is 13.8 Å². The quantitative estimate of drug-likeness (QED) is 0.834. The lowest BCUT2D eigenvalue weighted by atomic mass is 10.1. The molecule has 0 aromatic heterocycles. The molecule has 1 aromatic carbocycles. The second-order valence-corrected chi connectivity index (χ2v) is 4.41. The number of nitrogens with two attached hydrogens (primary N) is 1. The molecular formula is C12H18N2O3. The Morgan fingerprint density at radius 2 is 1.82 bits per heavy atom. The van der Waals surface area contributed by atoms with Crippen molar-refractivity contribution in [1.82, 2.24) is 5.32 Å². The Kier molecular flexibility index (Phi) is 4.34. The van der Waals surface area contributed by atoms with Crippen LogP contribution in [0.4, 0.5) is 4.79 Å². The molecule has 1 rings (SSSR count). The summed E-state index contributed by atoms with van der Waals surface area (Å²) >= 11 is 0. The van der Waals surface area contributed by atoms with Crippen LogP contribution in [0.3, 0.4) is 0 Å². The highest BCUT2D eigenvalue weighted by Gasteiger charge is 2.13. The minimum absolute atomic E-state index is 0.349. The van der Waals surface area contributed by atoms with E-state index < -0.39 is 11.6 Å². The molecule has 94 valence electrons. The van der Waals surface area contributed by atoms with Crippen molar-refractivity contribution < 1.29 is 14.3 Å². The van der Waals surface area contributed by atoms with Gasteiger partial charge in [-0.25, -0.2) is 4.79 Å². The molecule has 0 spiro atoms. The molecule has 3 N–H and O–H groups in total. The van der Waals surface area contributed by atoms with Crippen molar-refractivity contribution >= 4 is 6.09 Å². The van der Waals surface area contributed by atoms with Crippen LogP contribution >= 0.6 is 0 Å². The fourth-order valence-electron chi connectivity index (χ4n) is 1.09. The number of carbonyl (C=O) groups excluding carboxylic acids is 1. The van der Waals surface area contributed by atoms with Gasteiger partial charge in [-0.1, -0.05) is 0 Å². The van der Waals surface area contributed by atoms with E-state index in [2.05, 4.69) is 5.32 Å². The molecule has 0 bridgehead atoms. The second-order valence-electron chi connectivity index (χ2n) is 4.41. The smallest absolute Gasteiger partial charge is 0.412 e. The third kappa shape index (κ3) is 5.21. The maximum atomic E-state index is 11.4. The summed E-state index contributed by atoms with van der Waals surface area (Å²) in [5, 5.41) is 2.58. The van der Waals surface area contributed by atoms with E-state index in [9.17, 15) is 4.79 Å². The van der Waals surface area contributed by atoms with Crippen molar-refractivity contribution in [3.8, 4) is 11.5 Å². The number of rotatable bonds is 4. The van der Waals surface area contributed by atoms with Gasteiger partial charge in [0.1, 0.15) is 11.5 Å². The number of hydrogen-bond donors (Lipinski definition) is 2. The molecule has 0 saturated carbocycles. The summed E-state index contributed by atoms with van der Waals surface area (Å²) in [5.74, 6) is 1.17. The molecule has 0 aliphatic carbocycles. The van der Waals surface area contributed by atoms with Gasteiger partial charge in [-0.15, -0.1) is 0 Å². The molecule has 0 aliphatic rings. The standard InChI is InChI=1S/C12H18N2O3/c1-12(2,13)8-14-11(15)17-10-6-4-9(16-3)5-7-10/h4-7H,8,13H2,1-3H3,(H,14,15). The average molecular weight is 238 g/mol. The van der Waals surface area contributed by atoms with Gasteiger partial charge in [-0.3, -0.25) is 0 Å². The lowest BCUT2D eigenvalue weighted by Gasteiger charge is -2.18. The molecule has 5 heteroatoms. The number of benzene rings is 1. The summed E-state index contributed by atoms with van der Waals surface area (Å²) in [4.78, 5) is 11.4. The summed E-state index contributed by atoms with van der Waals surface area (Å²) in [6.45, 7) is 3.99. The summed E-state index contributed by atoms with van der Waals surface area (Å²) < 4.78 is 10.0. The number of carbonyl (C=O) groups is 1. The van der Waals surface area contributed by atoms with Crippen LogP contribution in [-0.4, -0.2) is 25.3 Å². The minimum Gasteiger partial charge on any atom is -0.497 e. The van der Waals surface area contributed by atoms with Gasteiger partial charge in [0.2, 0.25) is 0 Å². The largest absolute Gasteiger partial charge is 0.497 e. The molecule has 1 amide bonds. The van der Waals surface area contributed by atoms with Crippen LogP contribution in [0, 0.1) is 0 Å². The Morgan fingerprint density at radius 1 is 1.29 bits per heavy atom. The maximum Gasteiger partial charge on any atom is 0.412 e. The van der Waals surface area contributed by atoms with Crippen LogP contribution in [0.2, 0.25) is 0 Å². The molecule has 0 aliphatic heterocycles. The number of nitrogens with one attached hydrogen (secondary N) is 1. The average Bonchev–Trinajstić information content (AvgIpc) is 2.27. The van der Waals surface area contributed by atoms with Gasteiger partial charge in [-0.2, -0.15) is 0 Å². The summed E-state index contributed by atoms with van der Waals surface area (Å²) in [6.07, 6.45) is -0.520. The van der Waals surface area contributed by atoms with Gasteiger partial charge in [0.15, 0.2) is 0 Å². The molecule has 0 atom stereocenters. The Hall–Kier alpha value is -1.75. The summed E-state index contributed by atoms with van der Waals surface area (Å²) in [7, 11) is 1.58. The van der Waals surface area contributed by atoms with Gasteiger partial charge in [0.25, 0.3) is 0 Å². The zero-order valence-corrected chi connectivity index (χ0v) is 10.3. The predicted molar refractivity (Wildman–Crippen MR) is 65.3 cm³/mol. The number of hydrogen-bond acceptors (Lipinski definition) is 4. The lowest BCUT2D eigenvalue weighted by molar-refractivity contribution is 0.198. The zero-order valence-electron chi connectivity index (χ0n) is 10.3. The van der Waals surface area contributed by atoms with Crippen LogP contribution in [0.5, 0.6) is 11.5 Å². The Balaban J connectivity index is 2.45. The molecule has 5 nitrogen and oxygen atoms in total. The van der Waals surface area contributed by atoms with Crippen molar-refractivity contribution in [1.29, 1.82) is 0 Å². The fraction of sp³-hybridized carbons (Fsp3) is 0.417. The highest BCUT2D eigenvalue weighted by Crippen LogP contribution is 2.16. The molecular weight excluding hydrogens is 220 g/mol. The normalized spacial score (nSPS) is 10.8. The Bertz CT molecular complexity index is 368. The molecule has 0 unspecified atom stereocenters. The van der Waals surface area contributed by atoms with Gasteiger partial charge in [-0.05, 0) is 38.1 Å². The Labute approximate surface area is 101 Å². The first-order valence-corrected chi connectivity index (χ1v) is 5.29. The number of methoxy groups -OCH3 is 1. The van der Waals surface area contributed by atoms with Crippen LogP contribution < -0.4 is 20.5 Å². The van der Waals surface area contributed by atoms with Crippen LogP contribution in [-0.2, 0) is 0 Å². The van der Waals surface area contributed by atoms with Gasteiger partial charge in [0.05, 0.1) is 7.11 Å². The van der Waals surface area contributed by atoms with E-state index >= 15 is 0 Å². The Morgan fingerprint density at radius 3 is 2.29 bits per heavy atom. The molecule has 17 heavy (non-hydrogen) atoms. The van der Waals surface area contributed by atoms with Crippen LogP contribution in [0.15, 0.2) is 24.3 Å². The molecule has 0 saturated heterocycles. The molecule has 0 heterocycles. The SMILES string of the molecule is COc1ccc(OC(=O)NCC(C)(C)N)cc1. The molecule has 1 aromatic rings. The molecule has 0 radical (unpaired) electrons. The first-order chi connectivity index (χ1) is 7.90. The first kappa shape index (κ1) is 13.3. The zero-order chi connectivity index (χ0) is 12.9. The van der Waals surface area contributed by atoms with E-state index in [1.165, 1.54) is 0 Å². The van der Waals surface area contributed by atoms with Crippen molar-refractivity contribution in [3.63, 3.8) is 0 Å². The van der Waals surface area contributed by atoms with E-state index in [4.69, 9.17) is 15.2 Å². The first-order valence-electron chi connectivity index (χ1n) is 5.29. The van der Waals surface area contributed by atoms with Crippen molar-refractivity contribution in [2.45, 2.75) is 19.4 Å². The minimum atomic E-state index is -0.520. The van der Waals surface area contributed by atoms with E-state index in [-0.39, 0.29) is 0 Å². The molecule has 0 fully saturated rings. The van der Waals surface area contributed by atoms with Crippen molar-refractivity contribution in [2.75, 3.05) is 13.7 Å². The van der Waals surface area contributed by atoms with Gasteiger partial charge < -0.3 is 20.5 Å². The monoisotopic (exact) mass is 238 g/mol. The number of amides is 1. The topological polar surface area (TPSA) is 73.6 Å². The van der Waals surface area contributed by atoms with Crippen molar-refractivity contribution in [2.24, 2.45) is 5.73 Å². The predicted octanol–water partition coefficient (Wildman–Crippen LogP) is 1.52. The van der Waals surface area contributed by atoms with E-state index in [0.717, 1.165) is 0 Å². The van der Waals surface area contributed by atoms with Crippen LogP contribution in [0.25, 0.3) is 0 Å².